The van der Waals surface area contributed by atoms with E-state index < -0.39 is 141 Å². The SMILES string of the molecule is COCC(=O)NC(COCCC(=O)CCCCCC(=O)CCCCO[C@@H]1OC(CO)[C@H](O)C(O)[C@@H]1NC(C)=O)(COCCC(=O)CCCCCC(=O)CCCCO[C@@H]1OC(CO)[C@H](O)C(O)[C@@H]1NC(C)=O)COCCC(=O)NCCCNC(=O)CCCCO[C@@H]1OC(CO)[C@H](O)C(O)[C@@H]1NC(C)=O. The van der Waals surface area contributed by atoms with E-state index in [1.54, 1.807) is 0 Å². The van der Waals surface area contributed by atoms with Crippen LogP contribution in [0.4, 0.5) is 0 Å². The number of rotatable bonds is 58. The molecule has 103 heavy (non-hydrogen) atoms. The zero-order valence-corrected chi connectivity index (χ0v) is 60.2. The summed E-state index contributed by atoms with van der Waals surface area (Å²) < 4.78 is 56.9. The third kappa shape index (κ3) is 37.2. The van der Waals surface area contributed by atoms with Crippen LogP contribution in [0.2, 0.25) is 0 Å². The van der Waals surface area contributed by atoms with Crippen LogP contribution in [0.25, 0.3) is 0 Å². The minimum absolute atomic E-state index is 0.0297. The number of ketones is 4. The molecule has 15 N–H and O–H groups in total. The first-order valence-corrected chi connectivity index (χ1v) is 36.0. The summed E-state index contributed by atoms with van der Waals surface area (Å²) in [5, 5.41) is 107. The van der Waals surface area contributed by atoms with Gasteiger partial charge in [-0.25, -0.2) is 0 Å². The van der Waals surface area contributed by atoms with Gasteiger partial charge in [0.15, 0.2) is 18.9 Å². The van der Waals surface area contributed by atoms with Gasteiger partial charge in [-0.1, -0.05) is 12.8 Å². The lowest BCUT2D eigenvalue weighted by atomic mass is 9.97. The van der Waals surface area contributed by atoms with E-state index in [2.05, 4.69) is 31.9 Å². The molecule has 0 aromatic rings. The average molecular weight is 1480 g/mol. The molecule has 6 unspecified atom stereocenters. The minimum Gasteiger partial charge on any atom is -0.394 e. The van der Waals surface area contributed by atoms with Gasteiger partial charge in [0.05, 0.1) is 59.5 Å². The Morgan fingerprint density at radius 3 is 0.981 bits per heavy atom. The fourth-order valence-corrected chi connectivity index (χ4v) is 11.6. The van der Waals surface area contributed by atoms with E-state index in [9.17, 15) is 93.9 Å². The van der Waals surface area contributed by atoms with Gasteiger partial charge >= 0.3 is 0 Å². The molecular formula is C68H118N6O29. The Labute approximate surface area is 601 Å². The smallest absolute Gasteiger partial charge is 0.246 e. The van der Waals surface area contributed by atoms with Gasteiger partial charge in [0.2, 0.25) is 35.4 Å². The number of carbonyl (C=O) groups excluding carboxylic acids is 10. The first-order valence-electron chi connectivity index (χ1n) is 36.0. The summed E-state index contributed by atoms with van der Waals surface area (Å²) in [6.45, 7) is 1.60. The lowest BCUT2D eigenvalue weighted by molar-refractivity contribution is -0.270. The van der Waals surface area contributed by atoms with Crippen molar-refractivity contribution in [3.05, 3.63) is 0 Å². The van der Waals surface area contributed by atoms with E-state index in [1.165, 1.54) is 27.9 Å². The number of methoxy groups -OCH3 is 1. The minimum atomic E-state index is -1.45. The summed E-state index contributed by atoms with van der Waals surface area (Å²) in [7, 11) is 1.33. The van der Waals surface area contributed by atoms with Crippen molar-refractivity contribution >= 4 is 58.6 Å². The van der Waals surface area contributed by atoms with Crippen LogP contribution < -0.4 is 31.9 Å². The topological polar surface area (TPSA) is 517 Å². The zero-order valence-electron chi connectivity index (χ0n) is 60.2. The summed E-state index contributed by atoms with van der Waals surface area (Å²) in [6, 6.07) is -3.22. The molecule has 35 heteroatoms. The van der Waals surface area contributed by atoms with E-state index in [-0.39, 0.29) is 165 Å². The molecule has 3 heterocycles. The summed E-state index contributed by atoms with van der Waals surface area (Å²) in [5.74, 6) is -2.72. The third-order valence-electron chi connectivity index (χ3n) is 17.3. The molecular weight excluding hydrogens is 1360 g/mol. The number of hydrogen-bond acceptors (Lipinski definition) is 29. The van der Waals surface area contributed by atoms with Crippen molar-refractivity contribution in [1.82, 2.24) is 31.9 Å². The maximum absolute atomic E-state index is 13.2. The van der Waals surface area contributed by atoms with Crippen molar-refractivity contribution in [3.8, 4) is 0 Å². The molecule has 3 aliphatic heterocycles. The van der Waals surface area contributed by atoms with E-state index in [1.807, 2.05) is 0 Å². The van der Waals surface area contributed by atoms with Crippen molar-refractivity contribution < 1.29 is 141 Å². The number of hydrogen-bond donors (Lipinski definition) is 15. The van der Waals surface area contributed by atoms with E-state index in [0.29, 0.717) is 96.3 Å². The normalized spacial score (nSPS) is 25.4. The van der Waals surface area contributed by atoms with Crippen molar-refractivity contribution in [3.63, 3.8) is 0 Å². The number of amides is 6. The van der Waals surface area contributed by atoms with Crippen LogP contribution in [-0.4, -0.2) is 308 Å². The van der Waals surface area contributed by atoms with Gasteiger partial charge in [0.1, 0.15) is 108 Å². The van der Waals surface area contributed by atoms with Gasteiger partial charge in [0, 0.05) is 125 Å². The number of ether oxygens (including phenoxy) is 10. The van der Waals surface area contributed by atoms with Crippen LogP contribution in [0.15, 0.2) is 0 Å². The molecule has 3 aliphatic rings. The molecule has 0 bridgehead atoms. The predicted molar refractivity (Wildman–Crippen MR) is 361 cm³/mol. The first kappa shape index (κ1) is 91.9. The van der Waals surface area contributed by atoms with Gasteiger partial charge < -0.3 is 125 Å². The van der Waals surface area contributed by atoms with Gasteiger partial charge in [-0.05, 0) is 70.6 Å². The van der Waals surface area contributed by atoms with Crippen LogP contribution >= 0.6 is 0 Å². The molecule has 35 nitrogen and oxygen atoms in total. The molecule has 15 atom stereocenters. The number of aliphatic hydroxyl groups excluding tert-OH is 9. The molecule has 6 amide bonds. The Balaban J connectivity index is 1.44. The van der Waals surface area contributed by atoms with Crippen molar-refractivity contribution in [2.45, 2.75) is 266 Å². The quantitative estimate of drug-likeness (QED) is 0.0268. The second-order valence-corrected chi connectivity index (χ2v) is 26.3. The summed E-state index contributed by atoms with van der Waals surface area (Å²) in [4.78, 5) is 125. The zero-order chi connectivity index (χ0) is 76.1. The number of unbranched alkanes of at least 4 members (excludes halogenated alkanes) is 7. The summed E-state index contributed by atoms with van der Waals surface area (Å²) in [6.07, 6.45) is -7.09. The third-order valence-corrected chi connectivity index (χ3v) is 17.3. The second kappa shape index (κ2) is 52.7. The van der Waals surface area contributed by atoms with Gasteiger partial charge in [-0.3, -0.25) is 47.9 Å². The predicted octanol–water partition coefficient (Wildman–Crippen LogP) is -3.10. The average Bonchev–Trinajstić information content (AvgIpc) is 0.823. The largest absolute Gasteiger partial charge is 0.394 e. The van der Waals surface area contributed by atoms with E-state index in [4.69, 9.17) is 47.4 Å². The van der Waals surface area contributed by atoms with E-state index >= 15 is 0 Å². The molecule has 3 saturated heterocycles. The molecule has 0 aliphatic carbocycles. The van der Waals surface area contributed by atoms with E-state index in [0.717, 1.165) is 0 Å². The molecule has 594 valence electrons. The van der Waals surface area contributed by atoms with Crippen molar-refractivity contribution in [2.75, 3.05) is 106 Å². The lowest BCUT2D eigenvalue weighted by Gasteiger charge is -2.42. The van der Waals surface area contributed by atoms with Crippen LogP contribution in [0.3, 0.4) is 0 Å². The maximum Gasteiger partial charge on any atom is 0.246 e. The van der Waals surface area contributed by atoms with Gasteiger partial charge in [-0.2, -0.15) is 0 Å². The van der Waals surface area contributed by atoms with Crippen LogP contribution in [0.5, 0.6) is 0 Å². The molecule has 0 radical (unpaired) electrons. The Morgan fingerprint density at radius 2 is 0.660 bits per heavy atom. The molecule has 0 aromatic carbocycles. The first-order chi connectivity index (χ1) is 49.3. The second-order valence-electron chi connectivity index (χ2n) is 26.3. The highest BCUT2D eigenvalue weighted by atomic mass is 16.7. The Hall–Kier alpha value is -5.26. The fraction of sp³-hybridized carbons (Fsp3) is 0.853. The van der Waals surface area contributed by atoms with Gasteiger partial charge in [0.25, 0.3) is 0 Å². The summed E-state index contributed by atoms with van der Waals surface area (Å²) >= 11 is 0. The maximum atomic E-state index is 13.2. The highest BCUT2D eigenvalue weighted by Gasteiger charge is 2.48. The Kier molecular flexibility index (Phi) is 47.0. The Morgan fingerprint density at radius 1 is 0.359 bits per heavy atom. The highest BCUT2D eigenvalue weighted by Crippen LogP contribution is 2.26. The monoisotopic (exact) mass is 1480 g/mol. The van der Waals surface area contributed by atoms with Crippen LogP contribution in [0.1, 0.15) is 168 Å². The Bertz CT molecular complexity index is 2260. The highest BCUT2D eigenvalue weighted by molar-refractivity contribution is 5.80. The van der Waals surface area contributed by atoms with Crippen molar-refractivity contribution in [1.29, 1.82) is 0 Å². The number of aliphatic hydroxyl groups is 9. The lowest BCUT2D eigenvalue weighted by Crippen LogP contribution is -2.64. The molecule has 3 rings (SSSR count). The standard InChI is InChI=1S/C68H118N6O29/c1-43(78)71-56-62(91)59(88)50(36-75)101-65(56)98-30-14-11-22-46(81)18-7-5-9-20-48(83)25-33-95-40-68(74-55(87)39-94-4,41-96-34-26-49(84)21-10-6-8-19-47(82)23-12-15-31-99-66-57(72-44(2)79)63(92)60(89)51(37-76)102-66)42-97-35-27-54(86)70-29-17-28-69-53(85)24-13-16-32-100-67-58(73-45(3)80)64(93)61(90)52(38-77)103-67/h50-52,56-67,75-77,88-93H,5-42H2,1-4H3,(H,69,85)(H,70,86)(H,71,78)(H,72,79)(H,73,80)(H,74,87)/t50?,51?,52?,56-,57-,58-,59-,60-,61-,62?,63?,64?,65+,66+,67+,68?/m0/s1. The molecule has 0 spiro atoms. The number of Topliss-reactive ketones (excluding diaryl/α,β-unsaturated/α-hetero) is 4. The molecule has 0 aromatic heterocycles. The number of nitrogens with one attached hydrogen (secondary N) is 6. The molecule has 0 saturated carbocycles. The van der Waals surface area contributed by atoms with Crippen LogP contribution in [0, 0.1) is 0 Å². The van der Waals surface area contributed by atoms with Gasteiger partial charge in [-0.15, -0.1) is 0 Å². The molecule has 3 fully saturated rings. The number of carbonyl (C=O) groups is 10. The van der Waals surface area contributed by atoms with Crippen molar-refractivity contribution in [2.24, 2.45) is 0 Å². The van der Waals surface area contributed by atoms with Crippen LogP contribution in [-0.2, 0) is 95.3 Å². The fourth-order valence-electron chi connectivity index (χ4n) is 11.6. The summed E-state index contributed by atoms with van der Waals surface area (Å²) in [5.41, 5.74) is -1.39.